The minimum atomic E-state index is -0.328. The van der Waals surface area contributed by atoms with Crippen LogP contribution in [0.5, 0.6) is 0 Å². The van der Waals surface area contributed by atoms with Gasteiger partial charge in [0.1, 0.15) is 23.3 Å². The Labute approximate surface area is 123 Å². The summed E-state index contributed by atoms with van der Waals surface area (Å²) >= 11 is 0. The van der Waals surface area contributed by atoms with Crippen molar-refractivity contribution in [2.24, 2.45) is 0 Å². The van der Waals surface area contributed by atoms with Gasteiger partial charge in [0.15, 0.2) is 0 Å². The second kappa shape index (κ2) is 5.53. The molecule has 0 atom stereocenters. The first kappa shape index (κ1) is 13.6. The van der Waals surface area contributed by atoms with E-state index in [2.05, 4.69) is 11.1 Å². The molecular formula is C17H16FN3. The molecule has 0 radical (unpaired) electrons. The molecule has 1 aromatic carbocycles. The molecule has 0 saturated carbocycles. The van der Waals surface area contributed by atoms with Gasteiger partial charge in [-0.1, -0.05) is 24.6 Å². The van der Waals surface area contributed by atoms with E-state index in [4.69, 9.17) is 5.73 Å². The first-order valence-electron chi connectivity index (χ1n) is 7.18. The third kappa shape index (κ3) is 2.36. The summed E-state index contributed by atoms with van der Waals surface area (Å²) in [6.07, 6.45) is 4.87. The van der Waals surface area contributed by atoms with Crippen LogP contribution in [0.2, 0.25) is 0 Å². The van der Waals surface area contributed by atoms with Gasteiger partial charge in [0, 0.05) is 16.8 Å². The lowest BCUT2D eigenvalue weighted by molar-refractivity contribution is 0.631. The number of aryl methyl sites for hydroxylation is 1. The van der Waals surface area contributed by atoms with Gasteiger partial charge in [0.05, 0.1) is 0 Å². The maximum atomic E-state index is 14.2. The van der Waals surface area contributed by atoms with Crippen LogP contribution in [-0.4, -0.2) is 4.98 Å². The van der Waals surface area contributed by atoms with Gasteiger partial charge in [0.25, 0.3) is 0 Å². The summed E-state index contributed by atoms with van der Waals surface area (Å²) in [5, 5.41) is 9.43. The van der Waals surface area contributed by atoms with Crippen LogP contribution < -0.4 is 5.73 Å². The van der Waals surface area contributed by atoms with Gasteiger partial charge >= 0.3 is 0 Å². The molecule has 3 nitrogen and oxygen atoms in total. The van der Waals surface area contributed by atoms with Gasteiger partial charge in [0.2, 0.25) is 0 Å². The second-order valence-electron chi connectivity index (χ2n) is 5.32. The second-order valence-corrected chi connectivity index (χ2v) is 5.32. The highest BCUT2D eigenvalue weighted by molar-refractivity contribution is 5.79. The van der Waals surface area contributed by atoms with Crippen LogP contribution in [0.3, 0.4) is 0 Å². The summed E-state index contributed by atoms with van der Waals surface area (Å²) in [6, 6.07) is 8.65. The fourth-order valence-electron chi connectivity index (χ4n) is 3.01. The molecule has 1 heterocycles. The van der Waals surface area contributed by atoms with Gasteiger partial charge < -0.3 is 5.73 Å². The number of anilines is 1. The molecule has 1 aliphatic rings. The van der Waals surface area contributed by atoms with Crippen LogP contribution >= 0.6 is 0 Å². The molecule has 3 rings (SSSR count). The van der Waals surface area contributed by atoms with Crippen LogP contribution in [0.1, 0.15) is 36.1 Å². The number of nitriles is 1. The molecule has 0 bridgehead atoms. The maximum Gasteiger partial charge on any atom is 0.142 e. The lowest BCUT2D eigenvalue weighted by Crippen LogP contribution is -2.07. The summed E-state index contributed by atoms with van der Waals surface area (Å²) in [4.78, 5) is 4.39. The maximum absolute atomic E-state index is 14.2. The average molecular weight is 281 g/mol. The fourth-order valence-corrected chi connectivity index (χ4v) is 3.01. The van der Waals surface area contributed by atoms with Crippen LogP contribution in [0.4, 0.5) is 10.2 Å². The van der Waals surface area contributed by atoms with Crippen LogP contribution in [0, 0.1) is 17.1 Å². The molecule has 4 heteroatoms. The highest BCUT2D eigenvalue weighted by Crippen LogP contribution is 2.36. The minimum absolute atomic E-state index is 0.205. The van der Waals surface area contributed by atoms with E-state index in [0.29, 0.717) is 16.7 Å². The van der Waals surface area contributed by atoms with Gasteiger partial charge in [-0.05, 0) is 37.3 Å². The van der Waals surface area contributed by atoms with E-state index in [0.717, 1.165) is 43.4 Å². The molecule has 0 fully saturated rings. The van der Waals surface area contributed by atoms with Crippen molar-refractivity contribution in [2.75, 3.05) is 5.73 Å². The van der Waals surface area contributed by atoms with E-state index >= 15 is 0 Å². The van der Waals surface area contributed by atoms with Gasteiger partial charge in [-0.3, -0.25) is 0 Å². The molecule has 1 aliphatic carbocycles. The van der Waals surface area contributed by atoms with Crippen molar-refractivity contribution in [3.05, 3.63) is 46.9 Å². The molecule has 1 aromatic heterocycles. The molecule has 106 valence electrons. The topological polar surface area (TPSA) is 62.7 Å². The van der Waals surface area contributed by atoms with Crippen molar-refractivity contribution in [1.82, 2.24) is 4.98 Å². The van der Waals surface area contributed by atoms with Crippen molar-refractivity contribution in [2.45, 2.75) is 32.1 Å². The predicted molar refractivity (Wildman–Crippen MR) is 80.0 cm³/mol. The Hall–Kier alpha value is -2.41. The SMILES string of the molecule is N#Cc1c(N)nc2c(c1-c1ccccc1F)CCCCC2. The lowest BCUT2D eigenvalue weighted by atomic mass is 9.91. The van der Waals surface area contributed by atoms with Crippen molar-refractivity contribution in [1.29, 1.82) is 5.26 Å². The summed E-state index contributed by atoms with van der Waals surface area (Å²) in [5.74, 6) is -0.123. The monoisotopic (exact) mass is 281 g/mol. The Kier molecular flexibility index (Phi) is 3.57. The fraction of sp³-hybridized carbons (Fsp3) is 0.294. The van der Waals surface area contributed by atoms with E-state index in [-0.39, 0.29) is 11.6 Å². The molecule has 0 saturated heterocycles. The van der Waals surface area contributed by atoms with Gasteiger partial charge in [-0.15, -0.1) is 0 Å². The Bertz CT molecular complexity index is 732. The standard InChI is InChI=1S/C17H16FN3/c18-14-8-5-4-6-11(14)16-12-7-2-1-3-9-15(12)21-17(20)13(16)10-19/h4-6,8H,1-3,7,9H2,(H2,20,21). The normalized spacial score (nSPS) is 14.1. The van der Waals surface area contributed by atoms with E-state index in [1.165, 1.54) is 6.07 Å². The van der Waals surface area contributed by atoms with Crippen molar-refractivity contribution >= 4 is 5.82 Å². The number of hydrogen-bond acceptors (Lipinski definition) is 3. The van der Waals surface area contributed by atoms with Crippen molar-refractivity contribution < 1.29 is 4.39 Å². The molecule has 0 aliphatic heterocycles. The Balaban J connectivity index is 2.34. The van der Waals surface area contributed by atoms with Crippen molar-refractivity contribution in [3.8, 4) is 17.2 Å². The average Bonchev–Trinajstić information content (AvgIpc) is 2.71. The Morgan fingerprint density at radius 2 is 1.90 bits per heavy atom. The first-order valence-corrected chi connectivity index (χ1v) is 7.18. The predicted octanol–water partition coefficient (Wildman–Crippen LogP) is 3.61. The van der Waals surface area contributed by atoms with E-state index in [9.17, 15) is 9.65 Å². The number of nitrogen functional groups attached to an aromatic ring is 1. The number of hydrogen-bond donors (Lipinski definition) is 1. The number of aromatic nitrogens is 1. The van der Waals surface area contributed by atoms with Crippen molar-refractivity contribution in [3.63, 3.8) is 0 Å². The summed E-state index contributed by atoms with van der Waals surface area (Å²) in [6.45, 7) is 0. The van der Waals surface area contributed by atoms with E-state index < -0.39 is 0 Å². The third-order valence-corrected chi connectivity index (χ3v) is 4.01. The molecular weight excluding hydrogens is 265 g/mol. The zero-order chi connectivity index (χ0) is 14.8. The number of nitrogens with two attached hydrogens (primary N) is 1. The number of nitrogens with zero attached hydrogens (tertiary/aromatic N) is 2. The summed E-state index contributed by atoms with van der Waals surface area (Å²) < 4.78 is 14.2. The molecule has 0 spiro atoms. The quantitative estimate of drug-likeness (QED) is 0.812. The summed E-state index contributed by atoms with van der Waals surface area (Å²) in [5.41, 5.74) is 9.22. The first-order chi connectivity index (χ1) is 10.2. The zero-order valence-electron chi connectivity index (χ0n) is 11.7. The molecule has 0 unspecified atom stereocenters. The zero-order valence-corrected chi connectivity index (χ0v) is 11.7. The lowest BCUT2D eigenvalue weighted by Gasteiger charge is -2.16. The number of benzene rings is 1. The Morgan fingerprint density at radius 3 is 2.67 bits per heavy atom. The highest BCUT2D eigenvalue weighted by atomic mass is 19.1. The highest BCUT2D eigenvalue weighted by Gasteiger charge is 2.22. The smallest absolute Gasteiger partial charge is 0.142 e. The number of rotatable bonds is 1. The molecule has 2 aromatic rings. The van der Waals surface area contributed by atoms with Crippen LogP contribution in [0.15, 0.2) is 24.3 Å². The molecule has 0 amide bonds. The molecule has 21 heavy (non-hydrogen) atoms. The van der Waals surface area contributed by atoms with Gasteiger partial charge in [-0.25, -0.2) is 9.37 Å². The number of halogens is 1. The number of fused-ring (bicyclic) bond motifs is 1. The molecule has 2 N–H and O–H groups in total. The van der Waals surface area contributed by atoms with Gasteiger partial charge in [-0.2, -0.15) is 5.26 Å². The minimum Gasteiger partial charge on any atom is -0.383 e. The number of pyridine rings is 1. The van der Waals surface area contributed by atoms with Crippen LogP contribution in [-0.2, 0) is 12.8 Å². The third-order valence-electron chi connectivity index (χ3n) is 4.01. The van der Waals surface area contributed by atoms with E-state index in [1.807, 2.05) is 0 Å². The van der Waals surface area contributed by atoms with Crippen LogP contribution in [0.25, 0.3) is 11.1 Å². The Morgan fingerprint density at radius 1 is 1.14 bits per heavy atom. The summed E-state index contributed by atoms with van der Waals surface area (Å²) in [7, 11) is 0. The largest absolute Gasteiger partial charge is 0.383 e. The van der Waals surface area contributed by atoms with E-state index in [1.54, 1.807) is 18.2 Å².